The maximum Gasteiger partial charge on any atom is 0.259 e. The molecule has 48 heavy (non-hydrogen) atoms. The van der Waals surface area contributed by atoms with Crippen molar-refractivity contribution in [1.82, 2.24) is 19.9 Å². The minimum absolute atomic E-state index is 0.0604. The van der Waals surface area contributed by atoms with Gasteiger partial charge in [-0.1, -0.05) is 44.2 Å². The van der Waals surface area contributed by atoms with Gasteiger partial charge >= 0.3 is 0 Å². The third-order valence-corrected chi connectivity index (χ3v) is 12.7. The van der Waals surface area contributed by atoms with Gasteiger partial charge in [-0.3, -0.25) is 19.1 Å². The number of aliphatic hydroxyl groups excluding tert-OH is 1. The molecule has 260 valence electrons. The number of nitrogens with zero attached hydrogens (tertiary/aromatic N) is 2. The molecular weight excluding hydrogens is 638 g/mol. The van der Waals surface area contributed by atoms with E-state index in [1.807, 2.05) is 43.3 Å². The number of hydrogen-bond acceptors (Lipinski definition) is 10. The van der Waals surface area contributed by atoms with Crippen LogP contribution < -0.4 is 25.2 Å². The van der Waals surface area contributed by atoms with Crippen LogP contribution in [0.2, 0.25) is 0 Å². The second kappa shape index (κ2) is 12.9. The highest BCUT2D eigenvalue weighted by atomic mass is 32.2. The molecule has 3 fully saturated rings. The molecule has 2 aliphatic carbocycles. The second-order valence-electron chi connectivity index (χ2n) is 14.1. The monoisotopic (exact) mass is 683 g/mol. The van der Waals surface area contributed by atoms with Crippen molar-refractivity contribution in [2.45, 2.75) is 87.3 Å². The van der Waals surface area contributed by atoms with Gasteiger partial charge in [-0.2, -0.15) is 0 Å². The molecule has 4 aliphatic rings. The number of pyridine rings is 1. The maximum absolute atomic E-state index is 14.2. The summed E-state index contributed by atoms with van der Waals surface area (Å²) in [5.41, 5.74) is 5.02. The fourth-order valence-corrected chi connectivity index (χ4v) is 8.62. The first kappa shape index (κ1) is 34.1. The number of aliphatic hydroxyl groups is 1. The number of allylic oxidation sites excluding steroid dienone is 1. The minimum Gasteiger partial charge on any atom is -0.494 e. The highest BCUT2D eigenvalue weighted by Crippen LogP contribution is 2.47. The van der Waals surface area contributed by atoms with Crippen LogP contribution in [0.5, 0.6) is 11.6 Å². The zero-order valence-corrected chi connectivity index (χ0v) is 28.4. The SMILES string of the molecule is COc1cnc(O[C@@H]2C[C@H]3C(=O)N[C@]4(C(=O)NS(=O)(=O)C5(CO)CC5)C[C@H]4C=CCC[C@@H](C)C[C@@H](C)[C@H](N)C(=O)N3C2)c2ccccc12. The van der Waals surface area contributed by atoms with E-state index in [-0.39, 0.29) is 44.1 Å². The number of carbonyl (C=O) groups excluding carboxylic acids is 3. The molecule has 0 radical (unpaired) electrons. The third-order valence-electron chi connectivity index (χ3n) is 10.6. The fraction of sp³-hybridized carbons (Fsp3) is 0.588. The van der Waals surface area contributed by atoms with Gasteiger partial charge in [0.25, 0.3) is 5.91 Å². The van der Waals surface area contributed by atoms with Gasteiger partial charge in [0.2, 0.25) is 27.7 Å². The van der Waals surface area contributed by atoms with E-state index in [0.29, 0.717) is 29.9 Å². The van der Waals surface area contributed by atoms with E-state index < -0.39 is 68.7 Å². The van der Waals surface area contributed by atoms with Crippen molar-refractivity contribution in [3.63, 3.8) is 0 Å². The van der Waals surface area contributed by atoms with Gasteiger partial charge in [0, 0.05) is 23.1 Å². The summed E-state index contributed by atoms with van der Waals surface area (Å²) in [6, 6.07) is 5.56. The molecule has 6 rings (SSSR count). The average molecular weight is 684 g/mol. The number of sulfonamides is 1. The summed E-state index contributed by atoms with van der Waals surface area (Å²) in [6.45, 7) is 3.50. The number of carbonyl (C=O) groups is 3. The maximum atomic E-state index is 14.2. The molecule has 0 bridgehead atoms. The van der Waals surface area contributed by atoms with Crippen LogP contribution in [0.15, 0.2) is 42.6 Å². The van der Waals surface area contributed by atoms with Crippen molar-refractivity contribution in [3.8, 4) is 11.6 Å². The van der Waals surface area contributed by atoms with Crippen LogP contribution in [0.1, 0.15) is 58.8 Å². The summed E-state index contributed by atoms with van der Waals surface area (Å²) < 4.78 is 38.8. The molecule has 3 heterocycles. The summed E-state index contributed by atoms with van der Waals surface area (Å²) in [5, 5.41) is 14.1. The second-order valence-corrected chi connectivity index (χ2v) is 16.1. The third kappa shape index (κ3) is 6.25. The summed E-state index contributed by atoms with van der Waals surface area (Å²) in [5.74, 6) is -1.30. The van der Waals surface area contributed by atoms with E-state index in [1.165, 1.54) is 4.90 Å². The van der Waals surface area contributed by atoms with Gasteiger partial charge in [0.1, 0.15) is 28.2 Å². The van der Waals surface area contributed by atoms with Crippen LogP contribution in [0.4, 0.5) is 0 Å². The zero-order valence-electron chi connectivity index (χ0n) is 27.6. The number of aromatic nitrogens is 1. The predicted molar refractivity (Wildman–Crippen MR) is 177 cm³/mol. The van der Waals surface area contributed by atoms with Gasteiger partial charge in [-0.25, -0.2) is 13.4 Å². The van der Waals surface area contributed by atoms with Crippen LogP contribution in [0.25, 0.3) is 10.8 Å². The minimum atomic E-state index is -4.20. The molecule has 1 aromatic carbocycles. The Hall–Kier alpha value is -3.75. The smallest absolute Gasteiger partial charge is 0.259 e. The molecule has 0 spiro atoms. The Balaban J connectivity index is 1.30. The van der Waals surface area contributed by atoms with Gasteiger partial charge in [-0.15, -0.1) is 0 Å². The number of benzene rings is 1. The van der Waals surface area contributed by atoms with Crippen LogP contribution in [-0.2, 0) is 24.4 Å². The van der Waals surface area contributed by atoms with Crippen molar-refractivity contribution >= 4 is 38.5 Å². The number of amides is 3. The Bertz CT molecular complexity index is 1730. The first-order valence-electron chi connectivity index (χ1n) is 16.7. The van der Waals surface area contributed by atoms with E-state index in [0.717, 1.165) is 11.8 Å². The molecule has 13 nitrogen and oxygen atoms in total. The molecule has 5 N–H and O–H groups in total. The van der Waals surface area contributed by atoms with E-state index in [2.05, 4.69) is 21.9 Å². The standard InChI is InChI=1S/C34H45N5O8S/c1-20-8-4-5-9-22-16-34(22,32(43)38-48(44,45)33(19-40)12-13-33)37-29(41)26-15-23(18-39(26)31(42)28(35)21(2)14-20)47-30-25-11-7-6-10-24(25)27(46-3)17-36-30/h5-7,9-11,17,20-23,26,28,40H,4,8,12-16,18-19,35H2,1-3H3,(H,37,41)(H,38,43)/t20-,21-,22-,23-,26+,28+,34-/m1/s1. The van der Waals surface area contributed by atoms with E-state index in [4.69, 9.17) is 15.2 Å². The molecule has 2 aliphatic heterocycles. The Labute approximate surface area is 280 Å². The lowest BCUT2D eigenvalue weighted by Crippen LogP contribution is -2.58. The lowest BCUT2D eigenvalue weighted by atomic mass is 9.88. The quantitative estimate of drug-likeness (QED) is 0.313. The molecule has 0 unspecified atom stereocenters. The van der Waals surface area contributed by atoms with E-state index in [1.54, 1.807) is 13.3 Å². The van der Waals surface area contributed by atoms with Crippen molar-refractivity contribution in [3.05, 3.63) is 42.6 Å². The van der Waals surface area contributed by atoms with Gasteiger partial charge in [-0.05, 0) is 56.4 Å². The van der Waals surface area contributed by atoms with Crippen molar-refractivity contribution in [1.29, 1.82) is 0 Å². The van der Waals surface area contributed by atoms with Crippen molar-refractivity contribution in [2.24, 2.45) is 23.5 Å². The van der Waals surface area contributed by atoms with Gasteiger partial charge < -0.3 is 30.5 Å². The Morgan fingerprint density at radius 1 is 1.19 bits per heavy atom. The number of ether oxygens (including phenoxy) is 2. The first-order valence-corrected chi connectivity index (χ1v) is 18.1. The van der Waals surface area contributed by atoms with Crippen LogP contribution in [0.3, 0.4) is 0 Å². The van der Waals surface area contributed by atoms with Crippen LogP contribution >= 0.6 is 0 Å². The summed E-state index contributed by atoms with van der Waals surface area (Å²) >= 11 is 0. The molecule has 3 amide bonds. The molecule has 2 aromatic rings. The molecule has 2 saturated carbocycles. The van der Waals surface area contributed by atoms with Gasteiger partial charge in [0.15, 0.2) is 0 Å². The summed E-state index contributed by atoms with van der Waals surface area (Å²) in [4.78, 5) is 47.8. The highest BCUT2D eigenvalue weighted by molar-refractivity contribution is 7.91. The lowest BCUT2D eigenvalue weighted by Gasteiger charge is -2.30. The summed E-state index contributed by atoms with van der Waals surface area (Å²) in [6.07, 6.45) is 7.78. The number of nitrogens with one attached hydrogen (secondary N) is 2. The van der Waals surface area contributed by atoms with Crippen molar-refractivity contribution < 1.29 is 37.4 Å². The normalized spacial score (nSPS) is 31.9. The Kier molecular flexibility index (Phi) is 9.20. The molecule has 7 atom stereocenters. The predicted octanol–water partition coefficient (Wildman–Crippen LogP) is 1.78. The Morgan fingerprint density at radius 2 is 1.92 bits per heavy atom. The Morgan fingerprint density at radius 3 is 2.60 bits per heavy atom. The van der Waals surface area contributed by atoms with E-state index >= 15 is 0 Å². The fourth-order valence-electron chi connectivity index (χ4n) is 7.16. The first-order chi connectivity index (χ1) is 22.8. The van der Waals surface area contributed by atoms with Crippen LogP contribution in [0, 0.1) is 17.8 Å². The highest BCUT2D eigenvalue weighted by Gasteiger charge is 2.63. The average Bonchev–Trinajstić information content (AvgIpc) is 3.97. The molecule has 14 heteroatoms. The largest absolute Gasteiger partial charge is 0.494 e. The lowest BCUT2D eigenvalue weighted by molar-refractivity contribution is -0.141. The topological polar surface area (TPSA) is 190 Å². The molecule has 1 saturated heterocycles. The zero-order chi connectivity index (χ0) is 34.4. The van der Waals surface area contributed by atoms with E-state index in [9.17, 15) is 27.9 Å². The number of fused-ring (bicyclic) bond motifs is 3. The van der Waals surface area contributed by atoms with Crippen molar-refractivity contribution in [2.75, 3.05) is 20.3 Å². The number of rotatable bonds is 7. The number of nitrogens with two attached hydrogens (primary N) is 1. The number of methoxy groups -OCH3 is 1. The molecule has 1 aromatic heterocycles. The van der Waals surface area contributed by atoms with Gasteiger partial charge in [0.05, 0.1) is 32.5 Å². The molecular formula is C34H45N5O8S. The van der Waals surface area contributed by atoms with Crippen LogP contribution in [-0.4, -0.2) is 89.9 Å². The number of hydrogen-bond donors (Lipinski definition) is 4. The summed E-state index contributed by atoms with van der Waals surface area (Å²) in [7, 11) is -2.64.